The van der Waals surface area contributed by atoms with Crippen LogP contribution < -0.4 is 26.0 Å². The highest BCUT2D eigenvalue weighted by molar-refractivity contribution is 7.70. The molecule has 1 heterocycles. The zero-order valence-electron chi connectivity index (χ0n) is 18.8. The molecule has 0 aliphatic carbocycles. The third-order valence-corrected chi connectivity index (χ3v) is 6.22. The maximum atomic E-state index is 12.7. The van der Waals surface area contributed by atoms with Crippen LogP contribution in [0.5, 0.6) is 5.75 Å². The molecule has 3 N–H and O–H groups in total. The van der Waals surface area contributed by atoms with Gasteiger partial charge in [0.25, 0.3) is 0 Å². The van der Waals surface area contributed by atoms with E-state index in [0.29, 0.717) is 40.1 Å². The van der Waals surface area contributed by atoms with Crippen molar-refractivity contribution < 1.29 is 14.1 Å². The number of nitrogens with zero attached hydrogens (tertiary/aromatic N) is 2. The standard InChI is InChI=1S/C24H26N5O3P/c1-6-16-15-25-24(28-19-14-17(26-22(30)7-2)12-13-20(19)32-3)29-23(16)27-18-10-8-9-11-21(18)33(4,5)31/h6-15H,1-2H2,3-5H3,(H,26,30)(H2,25,27,28,29). The first-order chi connectivity index (χ1) is 15.7. The molecule has 9 heteroatoms. The van der Waals surface area contributed by atoms with E-state index in [1.807, 2.05) is 24.3 Å². The van der Waals surface area contributed by atoms with Crippen LogP contribution in [0.2, 0.25) is 0 Å². The molecule has 2 aromatic carbocycles. The fourth-order valence-corrected chi connectivity index (χ4v) is 4.23. The van der Waals surface area contributed by atoms with Crippen LogP contribution in [0.1, 0.15) is 5.56 Å². The minimum atomic E-state index is -2.52. The van der Waals surface area contributed by atoms with Crippen molar-refractivity contribution in [1.82, 2.24) is 9.97 Å². The Kier molecular flexibility index (Phi) is 7.30. The first kappa shape index (κ1) is 23.8. The van der Waals surface area contributed by atoms with E-state index in [4.69, 9.17) is 4.74 Å². The predicted molar refractivity (Wildman–Crippen MR) is 136 cm³/mol. The molecule has 3 aromatic rings. The summed E-state index contributed by atoms with van der Waals surface area (Å²) in [5, 5.41) is 9.82. The summed E-state index contributed by atoms with van der Waals surface area (Å²) in [4.78, 5) is 20.6. The molecule has 0 bridgehead atoms. The fourth-order valence-electron chi connectivity index (χ4n) is 3.07. The van der Waals surface area contributed by atoms with Crippen LogP contribution in [0.4, 0.5) is 28.8 Å². The minimum absolute atomic E-state index is 0.294. The highest BCUT2D eigenvalue weighted by Gasteiger charge is 2.17. The Hall–Kier alpha value is -3.90. The van der Waals surface area contributed by atoms with Crippen LogP contribution in [0.15, 0.2) is 67.9 Å². The van der Waals surface area contributed by atoms with Gasteiger partial charge in [0.2, 0.25) is 11.9 Å². The quantitative estimate of drug-likeness (QED) is 0.303. The van der Waals surface area contributed by atoms with Crippen molar-refractivity contribution in [1.29, 1.82) is 0 Å². The van der Waals surface area contributed by atoms with Crippen LogP contribution in [-0.2, 0) is 9.36 Å². The molecule has 0 saturated heterocycles. The lowest BCUT2D eigenvalue weighted by Gasteiger charge is -2.17. The summed E-state index contributed by atoms with van der Waals surface area (Å²) in [6, 6.07) is 12.5. The van der Waals surface area contributed by atoms with Crippen molar-refractivity contribution >= 4 is 53.3 Å². The van der Waals surface area contributed by atoms with Crippen LogP contribution in [-0.4, -0.2) is 36.3 Å². The zero-order chi connectivity index (χ0) is 24.0. The average Bonchev–Trinajstić information content (AvgIpc) is 2.79. The predicted octanol–water partition coefficient (Wildman–Crippen LogP) is 4.99. The van der Waals surface area contributed by atoms with Gasteiger partial charge >= 0.3 is 0 Å². The van der Waals surface area contributed by atoms with Gasteiger partial charge in [0, 0.05) is 22.8 Å². The molecule has 0 aliphatic rings. The molecule has 0 atom stereocenters. The number of nitrogens with one attached hydrogen (secondary N) is 3. The number of aromatic nitrogens is 2. The van der Waals surface area contributed by atoms with Crippen LogP contribution >= 0.6 is 7.14 Å². The molecular weight excluding hydrogens is 437 g/mol. The van der Waals surface area contributed by atoms with E-state index in [1.54, 1.807) is 50.9 Å². The summed E-state index contributed by atoms with van der Waals surface area (Å²) in [7, 11) is -0.975. The van der Waals surface area contributed by atoms with Crippen LogP contribution in [0.25, 0.3) is 6.08 Å². The summed E-state index contributed by atoms with van der Waals surface area (Å²) < 4.78 is 18.1. The summed E-state index contributed by atoms with van der Waals surface area (Å²) in [6.45, 7) is 10.7. The van der Waals surface area contributed by atoms with Crippen LogP contribution in [0, 0.1) is 0 Å². The van der Waals surface area contributed by atoms with E-state index in [1.165, 1.54) is 6.08 Å². The van der Waals surface area contributed by atoms with Crippen molar-refractivity contribution in [2.24, 2.45) is 0 Å². The molecule has 8 nitrogen and oxygen atoms in total. The number of hydrogen-bond donors (Lipinski definition) is 3. The van der Waals surface area contributed by atoms with E-state index >= 15 is 0 Å². The number of carbonyl (C=O) groups is 1. The molecule has 3 rings (SSSR count). The Balaban J connectivity index is 1.96. The van der Waals surface area contributed by atoms with Crippen LogP contribution in [0.3, 0.4) is 0 Å². The summed E-state index contributed by atoms with van der Waals surface area (Å²) in [6.07, 6.45) is 4.45. The fraction of sp³-hybridized carbons (Fsp3) is 0.125. The van der Waals surface area contributed by atoms with Gasteiger partial charge < -0.3 is 25.3 Å². The van der Waals surface area contributed by atoms with E-state index in [9.17, 15) is 9.36 Å². The molecule has 0 radical (unpaired) electrons. The van der Waals surface area contributed by atoms with Gasteiger partial charge in [-0.3, -0.25) is 4.79 Å². The topological polar surface area (TPSA) is 105 Å². The third kappa shape index (κ3) is 5.87. The average molecular weight is 463 g/mol. The van der Waals surface area contributed by atoms with Gasteiger partial charge in [-0.2, -0.15) is 4.98 Å². The van der Waals surface area contributed by atoms with Crippen molar-refractivity contribution in [3.05, 3.63) is 73.5 Å². The largest absolute Gasteiger partial charge is 0.495 e. The Morgan fingerprint density at radius 3 is 2.52 bits per heavy atom. The number of para-hydroxylation sites is 1. The SMILES string of the molecule is C=CC(=O)Nc1ccc(OC)c(Nc2ncc(C=C)c(Nc3ccccc3P(C)(C)=O)n2)c1. The lowest BCUT2D eigenvalue weighted by molar-refractivity contribution is -0.111. The van der Waals surface area contributed by atoms with Gasteiger partial charge in [-0.05, 0) is 49.7 Å². The monoisotopic (exact) mass is 463 g/mol. The highest BCUT2D eigenvalue weighted by Crippen LogP contribution is 2.38. The molecule has 33 heavy (non-hydrogen) atoms. The van der Waals surface area contributed by atoms with Gasteiger partial charge in [-0.15, -0.1) is 0 Å². The number of methoxy groups -OCH3 is 1. The van der Waals surface area contributed by atoms with Gasteiger partial charge in [-0.25, -0.2) is 4.98 Å². The van der Waals surface area contributed by atoms with Crippen molar-refractivity contribution in [2.75, 3.05) is 36.4 Å². The van der Waals surface area contributed by atoms with Gasteiger partial charge in [0.1, 0.15) is 18.7 Å². The molecule has 0 saturated carbocycles. The van der Waals surface area contributed by atoms with E-state index in [-0.39, 0.29) is 5.91 Å². The lowest BCUT2D eigenvalue weighted by Crippen LogP contribution is -2.11. The van der Waals surface area contributed by atoms with Crippen molar-refractivity contribution in [3.8, 4) is 5.75 Å². The molecule has 1 aromatic heterocycles. The number of anilines is 5. The molecule has 0 spiro atoms. The zero-order valence-corrected chi connectivity index (χ0v) is 19.6. The second kappa shape index (κ2) is 10.1. The normalized spacial score (nSPS) is 10.8. The minimum Gasteiger partial charge on any atom is -0.495 e. The van der Waals surface area contributed by atoms with E-state index < -0.39 is 7.14 Å². The Labute approximate surface area is 193 Å². The van der Waals surface area contributed by atoms with Crippen molar-refractivity contribution in [2.45, 2.75) is 0 Å². The summed E-state index contributed by atoms with van der Waals surface area (Å²) >= 11 is 0. The number of ether oxygens (including phenoxy) is 1. The number of amides is 1. The van der Waals surface area contributed by atoms with E-state index in [0.717, 1.165) is 5.30 Å². The molecular formula is C24H26N5O3P. The molecule has 0 unspecified atom stereocenters. The second-order valence-electron chi connectivity index (χ2n) is 7.43. The Morgan fingerprint density at radius 2 is 1.85 bits per heavy atom. The highest BCUT2D eigenvalue weighted by atomic mass is 31.2. The Morgan fingerprint density at radius 1 is 1.09 bits per heavy atom. The maximum Gasteiger partial charge on any atom is 0.247 e. The third-order valence-electron chi connectivity index (χ3n) is 4.67. The van der Waals surface area contributed by atoms with Crippen molar-refractivity contribution in [3.63, 3.8) is 0 Å². The van der Waals surface area contributed by atoms with Gasteiger partial charge in [-0.1, -0.05) is 31.4 Å². The molecule has 1 amide bonds. The smallest absolute Gasteiger partial charge is 0.247 e. The first-order valence-electron chi connectivity index (χ1n) is 10.0. The molecule has 170 valence electrons. The maximum absolute atomic E-state index is 12.7. The Bertz CT molecular complexity index is 1250. The second-order valence-corrected chi connectivity index (χ2v) is 10.6. The first-order valence-corrected chi connectivity index (χ1v) is 12.6. The van der Waals surface area contributed by atoms with Gasteiger partial charge in [0.15, 0.2) is 0 Å². The lowest BCUT2D eigenvalue weighted by atomic mass is 10.2. The molecule has 0 fully saturated rings. The number of hydrogen-bond acceptors (Lipinski definition) is 7. The van der Waals surface area contributed by atoms with E-state index in [2.05, 4.69) is 39.1 Å². The summed E-state index contributed by atoms with van der Waals surface area (Å²) in [5.41, 5.74) is 2.49. The number of rotatable bonds is 9. The molecule has 0 aliphatic heterocycles. The number of benzene rings is 2. The number of carbonyl (C=O) groups excluding carboxylic acids is 1. The summed E-state index contributed by atoms with van der Waals surface area (Å²) in [5.74, 6) is 1.01. The van der Waals surface area contributed by atoms with Gasteiger partial charge in [0.05, 0.1) is 18.5 Å².